The van der Waals surface area contributed by atoms with Gasteiger partial charge in [0.1, 0.15) is 0 Å². The number of benzene rings is 1. The standard InChI is InChI=1S/C20H24N6O2/c1-5-15-11-25(23-13(15)3)19(27)21-17-9-7-8-10-18(17)22-20(28)26-12-16(6-2)14(4)24-26/h7-12H,5-6H2,1-4H3,(H,21,27)(H,22,28). The first-order valence-electron chi connectivity index (χ1n) is 9.25. The van der Waals surface area contributed by atoms with E-state index in [9.17, 15) is 9.59 Å². The Bertz CT molecular complexity index is 936. The van der Waals surface area contributed by atoms with Crippen molar-refractivity contribution < 1.29 is 9.59 Å². The van der Waals surface area contributed by atoms with Crippen LogP contribution in [0.1, 0.15) is 36.4 Å². The van der Waals surface area contributed by atoms with E-state index in [4.69, 9.17) is 0 Å². The minimum atomic E-state index is -0.396. The number of para-hydroxylation sites is 2. The van der Waals surface area contributed by atoms with E-state index in [1.807, 2.05) is 27.7 Å². The second-order valence-electron chi connectivity index (χ2n) is 6.48. The summed E-state index contributed by atoms with van der Waals surface area (Å²) in [6.07, 6.45) is 5.03. The smallest absolute Gasteiger partial charge is 0.304 e. The van der Waals surface area contributed by atoms with Gasteiger partial charge in [0.25, 0.3) is 0 Å². The molecule has 0 radical (unpaired) electrons. The van der Waals surface area contributed by atoms with Crippen LogP contribution in [0, 0.1) is 13.8 Å². The predicted molar refractivity (Wildman–Crippen MR) is 108 cm³/mol. The van der Waals surface area contributed by atoms with E-state index in [-0.39, 0.29) is 0 Å². The zero-order valence-corrected chi connectivity index (χ0v) is 16.5. The van der Waals surface area contributed by atoms with Crippen molar-refractivity contribution in [3.8, 4) is 0 Å². The quantitative estimate of drug-likeness (QED) is 0.716. The average molecular weight is 380 g/mol. The number of nitrogens with one attached hydrogen (secondary N) is 2. The van der Waals surface area contributed by atoms with Gasteiger partial charge in [-0.05, 0) is 49.9 Å². The van der Waals surface area contributed by atoms with Crippen LogP contribution in [0.25, 0.3) is 0 Å². The van der Waals surface area contributed by atoms with Crippen LogP contribution in [-0.4, -0.2) is 31.6 Å². The van der Waals surface area contributed by atoms with Gasteiger partial charge in [-0.1, -0.05) is 26.0 Å². The Kier molecular flexibility index (Phi) is 5.58. The summed E-state index contributed by atoms with van der Waals surface area (Å²) in [4.78, 5) is 25.1. The van der Waals surface area contributed by atoms with Crippen LogP contribution in [-0.2, 0) is 12.8 Å². The minimum Gasteiger partial charge on any atom is -0.304 e. The number of hydrogen-bond acceptors (Lipinski definition) is 4. The fourth-order valence-corrected chi connectivity index (χ4v) is 2.94. The van der Waals surface area contributed by atoms with E-state index in [2.05, 4.69) is 20.8 Å². The molecule has 2 aromatic heterocycles. The molecule has 0 fully saturated rings. The molecule has 0 saturated carbocycles. The van der Waals surface area contributed by atoms with Gasteiger partial charge in [0.15, 0.2) is 0 Å². The number of anilines is 2. The summed E-state index contributed by atoms with van der Waals surface area (Å²) in [5, 5.41) is 14.1. The molecule has 2 heterocycles. The molecular formula is C20H24N6O2. The molecule has 8 heteroatoms. The molecule has 2 amide bonds. The highest BCUT2D eigenvalue weighted by Crippen LogP contribution is 2.22. The number of aryl methyl sites for hydroxylation is 4. The van der Waals surface area contributed by atoms with Crippen molar-refractivity contribution >= 4 is 23.4 Å². The lowest BCUT2D eigenvalue weighted by atomic mass is 10.2. The van der Waals surface area contributed by atoms with Gasteiger partial charge < -0.3 is 10.6 Å². The average Bonchev–Trinajstić information content (AvgIpc) is 3.25. The van der Waals surface area contributed by atoms with Gasteiger partial charge in [0.2, 0.25) is 0 Å². The Morgan fingerprint density at radius 2 is 1.21 bits per heavy atom. The van der Waals surface area contributed by atoms with Gasteiger partial charge in [-0.2, -0.15) is 19.6 Å². The normalized spacial score (nSPS) is 10.7. The van der Waals surface area contributed by atoms with Crippen molar-refractivity contribution in [3.63, 3.8) is 0 Å². The molecule has 3 aromatic rings. The molecule has 8 nitrogen and oxygen atoms in total. The predicted octanol–water partition coefficient (Wildman–Crippen LogP) is 3.98. The number of aromatic nitrogens is 4. The molecule has 3 rings (SSSR count). The minimum absolute atomic E-state index is 0.396. The van der Waals surface area contributed by atoms with Crippen molar-refractivity contribution in [1.82, 2.24) is 19.6 Å². The zero-order chi connectivity index (χ0) is 20.3. The van der Waals surface area contributed by atoms with E-state index in [0.29, 0.717) is 11.4 Å². The van der Waals surface area contributed by atoms with Crippen molar-refractivity contribution in [2.24, 2.45) is 0 Å². The highest BCUT2D eigenvalue weighted by molar-refractivity contribution is 5.99. The van der Waals surface area contributed by atoms with Crippen molar-refractivity contribution in [3.05, 3.63) is 59.2 Å². The van der Waals surface area contributed by atoms with Crippen molar-refractivity contribution in [2.45, 2.75) is 40.5 Å². The maximum atomic E-state index is 12.5. The molecule has 0 spiro atoms. The number of rotatable bonds is 4. The number of nitrogens with zero attached hydrogens (tertiary/aromatic N) is 4. The molecule has 0 bridgehead atoms. The molecule has 2 N–H and O–H groups in total. The maximum absolute atomic E-state index is 12.5. The van der Waals surface area contributed by atoms with Crippen LogP contribution in [0.3, 0.4) is 0 Å². The molecule has 146 valence electrons. The van der Waals surface area contributed by atoms with Crippen LogP contribution in [0.4, 0.5) is 21.0 Å². The third-order valence-electron chi connectivity index (χ3n) is 4.59. The highest BCUT2D eigenvalue weighted by Gasteiger charge is 2.15. The Morgan fingerprint density at radius 1 is 0.821 bits per heavy atom. The molecule has 0 aliphatic heterocycles. The molecule has 28 heavy (non-hydrogen) atoms. The van der Waals surface area contributed by atoms with Gasteiger partial charge in [-0.3, -0.25) is 0 Å². The fourth-order valence-electron chi connectivity index (χ4n) is 2.94. The summed E-state index contributed by atoms with van der Waals surface area (Å²) in [5.74, 6) is 0. The number of carbonyl (C=O) groups excluding carboxylic acids is 2. The van der Waals surface area contributed by atoms with E-state index in [0.717, 1.165) is 35.4 Å². The first-order valence-corrected chi connectivity index (χ1v) is 9.25. The summed E-state index contributed by atoms with van der Waals surface area (Å²) in [6.45, 7) is 7.76. The Hall–Kier alpha value is -3.42. The van der Waals surface area contributed by atoms with Gasteiger partial charge in [0.05, 0.1) is 22.8 Å². The molecule has 0 unspecified atom stereocenters. The maximum Gasteiger partial charge on any atom is 0.346 e. The van der Waals surface area contributed by atoms with E-state index < -0.39 is 12.1 Å². The summed E-state index contributed by atoms with van der Waals surface area (Å²) in [7, 11) is 0. The van der Waals surface area contributed by atoms with E-state index >= 15 is 0 Å². The number of amides is 2. The van der Waals surface area contributed by atoms with E-state index in [1.165, 1.54) is 9.36 Å². The van der Waals surface area contributed by atoms with Crippen LogP contribution in [0.5, 0.6) is 0 Å². The molecule has 0 saturated heterocycles. The zero-order valence-electron chi connectivity index (χ0n) is 16.5. The van der Waals surface area contributed by atoms with Crippen LogP contribution >= 0.6 is 0 Å². The first-order chi connectivity index (χ1) is 13.4. The number of carbonyl (C=O) groups is 2. The summed E-state index contributed by atoms with van der Waals surface area (Å²) >= 11 is 0. The van der Waals surface area contributed by atoms with Crippen LogP contribution in [0.15, 0.2) is 36.7 Å². The van der Waals surface area contributed by atoms with Gasteiger partial charge in [-0.15, -0.1) is 0 Å². The lowest BCUT2D eigenvalue weighted by Crippen LogP contribution is -2.23. The Morgan fingerprint density at radius 3 is 1.54 bits per heavy atom. The van der Waals surface area contributed by atoms with Crippen molar-refractivity contribution in [2.75, 3.05) is 10.6 Å². The summed E-state index contributed by atoms with van der Waals surface area (Å²) in [6, 6.07) is 6.21. The third kappa shape index (κ3) is 3.95. The second-order valence-corrected chi connectivity index (χ2v) is 6.48. The molecular weight excluding hydrogens is 356 g/mol. The molecule has 0 aliphatic rings. The lowest BCUT2D eigenvalue weighted by molar-refractivity contribution is 0.249. The SMILES string of the molecule is CCc1cn(C(=O)Nc2ccccc2NC(=O)n2cc(CC)c(C)n2)nc1C. The lowest BCUT2D eigenvalue weighted by Gasteiger charge is -2.12. The number of hydrogen-bond donors (Lipinski definition) is 2. The largest absolute Gasteiger partial charge is 0.346 e. The van der Waals surface area contributed by atoms with Crippen LogP contribution in [0.2, 0.25) is 0 Å². The summed E-state index contributed by atoms with van der Waals surface area (Å²) in [5.41, 5.74) is 4.62. The van der Waals surface area contributed by atoms with Gasteiger partial charge in [0, 0.05) is 12.4 Å². The topological polar surface area (TPSA) is 93.8 Å². The van der Waals surface area contributed by atoms with Gasteiger partial charge in [-0.25, -0.2) is 9.59 Å². The third-order valence-corrected chi connectivity index (χ3v) is 4.59. The molecule has 0 atom stereocenters. The van der Waals surface area contributed by atoms with Crippen molar-refractivity contribution in [1.29, 1.82) is 0 Å². The Labute approximate surface area is 163 Å². The fraction of sp³-hybridized carbons (Fsp3) is 0.300. The first kappa shape index (κ1) is 19.3. The monoisotopic (exact) mass is 380 g/mol. The van der Waals surface area contributed by atoms with Crippen LogP contribution < -0.4 is 10.6 Å². The second kappa shape index (κ2) is 8.08. The highest BCUT2D eigenvalue weighted by atomic mass is 16.2. The van der Waals surface area contributed by atoms with E-state index in [1.54, 1.807) is 36.7 Å². The van der Waals surface area contributed by atoms with Gasteiger partial charge >= 0.3 is 12.1 Å². The molecule has 1 aromatic carbocycles. The summed E-state index contributed by atoms with van der Waals surface area (Å²) < 4.78 is 2.55. The molecule has 0 aliphatic carbocycles. The Balaban J connectivity index is 1.78.